The highest BCUT2D eigenvalue weighted by molar-refractivity contribution is 6.28. The van der Waals surface area contributed by atoms with Gasteiger partial charge in [-0.3, -0.25) is 9.78 Å². The van der Waals surface area contributed by atoms with Gasteiger partial charge in [0.1, 0.15) is 16.9 Å². The van der Waals surface area contributed by atoms with Crippen molar-refractivity contribution in [2.75, 3.05) is 0 Å². The van der Waals surface area contributed by atoms with Crippen LogP contribution in [-0.4, -0.2) is 15.8 Å². The summed E-state index contributed by atoms with van der Waals surface area (Å²) in [5.74, 6) is -0.0641. The van der Waals surface area contributed by atoms with Crippen molar-refractivity contribution in [2.24, 2.45) is 0 Å². The second-order valence-electron chi connectivity index (χ2n) is 10.5. The fourth-order valence-electron chi connectivity index (χ4n) is 6.38. The Morgan fingerprint density at radius 1 is 0.512 bits per heavy atom. The average Bonchev–Trinajstić information content (AvgIpc) is 3.42. The summed E-state index contributed by atoms with van der Waals surface area (Å²) in [5.41, 5.74) is 9.59. The van der Waals surface area contributed by atoms with Gasteiger partial charge in [-0.25, -0.2) is 4.98 Å². The van der Waals surface area contributed by atoms with Crippen molar-refractivity contribution >= 4 is 49.4 Å². The molecule has 4 heteroatoms. The predicted molar refractivity (Wildman–Crippen MR) is 164 cm³/mol. The zero-order valence-corrected chi connectivity index (χ0v) is 21.8. The van der Waals surface area contributed by atoms with E-state index in [1.807, 2.05) is 79.0 Å². The minimum atomic E-state index is -0.0641. The van der Waals surface area contributed by atoms with Crippen molar-refractivity contribution in [1.29, 1.82) is 0 Å². The fraction of sp³-hybridized carbons (Fsp3) is 0. The number of carbonyl (C=O) groups excluding carboxylic acids is 1. The van der Waals surface area contributed by atoms with Gasteiger partial charge in [-0.1, -0.05) is 72.8 Å². The Labute approximate surface area is 234 Å². The van der Waals surface area contributed by atoms with E-state index in [2.05, 4.69) is 42.5 Å². The molecule has 0 fully saturated rings. The monoisotopic (exact) mass is 524 g/mol. The van der Waals surface area contributed by atoms with Gasteiger partial charge in [-0.05, 0) is 70.1 Å². The Morgan fingerprint density at radius 3 is 2.27 bits per heavy atom. The highest BCUT2D eigenvalue weighted by Gasteiger charge is 2.29. The van der Waals surface area contributed by atoms with Crippen LogP contribution in [0.4, 0.5) is 0 Å². The van der Waals surface area contributed by atoms with Crippen molar-refractivity contribution < 1.29 is 9.21 Å². The fourth-order valence-corrected chi connectivity index (χ4v) is 6.38. The molecule has 4 nitrogen and oxygen atoms in total. The molecule has 1 aliphatic carbocycles. The molecule has 0 radical (unpaired) electrons. The quantitative estimate of drug-likeness (QED) is 0.212. The normalized spacial score (nSPS) is 12.4. The lowest BCUT2D eigenvalue weighted by Crippen LogP contribution is -2.13. The first kappa shape index (κ1) is 22.2. The van der Waals surface area contributed by atoms with Gasteiger partial charge in [0.05, 0.1) is 11.2 Å². The predicted octanol–water partition coefficient (Wildman–Crippen LogP) is 9.23. The first-order valence-corrected chi connectivity index (χ1v) is 13.6. The van der Waals surface area contributed by atoms with Crippen molar-refractivity contribution in [1.82, 2.24) is 9.97 Å². The van der Waals surface area contributed by atoms with Gasteiger partial charge in [0.25, 0.3) is 0 Å². The zero-order chi connectivity index (χ0) is 27.1. The van der Waals surface area contributed by atoms with E-state index in [9.17, 15) is 4.79 Å². The molecule has 0 saturated carbocycles. The van der Waals surface area contributed by atoms with Crippen LogP contribution >= 0.6 is 0 Å². The SMILES string of the molecule is O=C1c2ccc(-c3ccccc3)cc2-c2nccc3c2c1nc1ccc(-c2cccc4oc5ccccc5c24)cc13. The van der Waals surface area contributed by atoms with Gasteiger partial charge >= 0.3 is 0 Å². The summed E-state index contributed by atoms with van der Waals surface area (Å²) in [6.07, 6.45) is 1.84. The standard InChI is InChI=1S/C37H20N2O2/c40-37-26-15-13-22(21-7-2-1-3-8-21)19-29(26)35-34-25(17-18-38-35)28-20-23(14-16-30(28)39-36(34)37)24-10-6-12-32-33(24)27-9-4-5-11-31(27)41-32/h1-20H. The van der Waals surface area contributed by atoms with E-state index in [-0.39, 0.29) is 5.78 Å². The van der Waals surface area contributed by atoms with Crippen LogP contribution in [0, 0.1) is 0 Å². The molecule has 9 rings (SSSR count). The van der Waals surface area contributed by atoms with E-state index in [0.717, 1.165) is 77.1 Å². The number of rotatable bonds is 2. The van der Waals surface area contributed by atoms with Gasteiger partial charge in [-0.2, -0.15) is 0 Å². The molecule has 3 aromatic heterocycles. The first-order valence-electron chi connectivity index (χ1n) is 13.6. The van der Waals surface area contributed by atoms with Crippen LogP contribution in [0.25, 0.3) is 77.1 Å². The molecular formula is C37H20N2O2. The number of furan rings is 1. The molecule has 0 N–H and O–H groups in total. The van der Waals surface area contributed by atoms with E-state index >= 15 is 0 Å². The van der Waals surface area contributed by atoms with Crippen molar-refractivity contribution in [3.05, 3.63) is 133 Å². The minimum Gasteiger partial charge on any atom is -0.456 e. The summed E-state index contributed by atoms with van der Waals surface area (Å²) in [4.78, 5) is 23.5. The van der Waals surface area contributed by atoms with E-state index < -0.39 is 0 Å². The largest absolute Gasteiger partial charge is 0.456 e. The molecule has 0 unspecified atom stereocenters. The van der Waals surface area contributed by atoms with Crippen LogP contribution in [0.5, 0.6) is 0 Å². The van der Waals surface area contributed by atoms with E-state index in [1.165, 1.54) is 0 Å². The van der Waals surface area contributed by atoms with Gasteiger partial charge in [0.15, 0.2) is 0 Å². The van der Waals surface area contributed by atoms with Crippen LogP contribution in [0.3, 0.4) is 0 Å². The Balaban J connectivity index is 1.31. The highest BCUT2D eigenvalue weighted by atomic mass is 16.3. The number of fused-ring (bicyclic) bond motifs is 7. The Morgan fingerprint density at radius 2 is 1.34 bits per heavy atom. The van der Waals surface area contributed by atoms with Crippen molar-refractivity contribution in [3.8, 4) is 33.5 Å². The Bertz CT molecular complexity index is 2390. The molecule has 0 amide bonds. The number of nitrogens with zero attached hydrogens (tertiary/aromatic N) is 2. The third-order valence-electron chi connectivity index (χ3n) is 8.26. The summed E-state index contributed by atoms with van der Waals surface area (Å²) < 4.78 is 6.15. The van der Waals surface area contributed by atoms with Crippen LogP contribution in [0.1, 0.15) is 16.1 Å². The number of benzene rings is 5. The Kier molecular flexibility index (Phi) is 4.44. The summed E-state index contributed by atoms with van der Waals surface area (Å²) >= 11 is 0. The third-order valence-corrected chi connectivity index (χ3v) is 8.26. The van der Waals surface area contributed by atoms with Gasteiger partial charge in [0.2, 0.25) is 5.78 Å². The van der Waals surface area contributed by atoms with Crippen LogP contribution < -0.4 is 0 Å². The number of ketones is 1. The van der Waals surface area contributed by atoms with Crippen LogP contribution in [0.2, 0.25) is 0 Å². The molecule has 41 heavy (non-hydrogen) atoms. The van der Waals surface area contributed by atoms with E-state index in [4.69, 9.17) is 14.4 Å². The molecular weight excluding hydrogens is 504 g/mol. The first-order chi connectivity index (χ1) is 20.2. The van der Waals surface area contributed by atoms with E-state index in [1.54, 1.807) is 0 Å². The maximum atomic E-state index is 13.8. The molecule has 0 aliphatic heterocycles. The third kappa shape index (κ3) is 3.13. The molecule has 3 heterocycles. The van der Waals surface area contributed by atoms with Crippen LogP contribution in [0.15, 0.2) is 126 Å². The van der Waals surface area contributed by atoms with Crippen LogP contribution in [-0.2, 0) is 0 Å². The maximum absolute atomic E-state index is 13.8. The maximum Gasteiger partial charge on any atom is 0.212 e. The number of para-hydroxylation sites is 1. The van der Waals surface area contributed by atoms with Crippen molar-refractivity contribution in [2.45, 2.75) is 0 Å². The average molecular weight is 525 g/mol. The summed E-state index contributed by atoms with van der Waals surface area (Å²) in [6, 6.07) is 38.8. The molecule has 5 aromatic carbocycles. The number of hydrogen-bond acceptors (Lipinski definition) is 4. The smallest absolute Gasteiger partial charge is 0.212 e. The number of aromatic nitrogens is 2. The number of pyridine rings is 2. The summed E-state index contributed by atoms with van der Waals surface area (Å²) in [7, 11) is 0. The molecule has 190 valence electrons. The highest BCUT2D eigenvalue weighted by Crippen LogP contribution is 2.43. The van der Waals surface area contributed by atoms with E-state index in [0.29, 0.717) is 11.3 Å². The second-order valence-corrected chi connectivity index (χ2v) is 10.5. The molecule has 0 bridgehead atoms. The van der Waals surface area contributed by atoms with Gasteiger partial charge in [-0.15, -0.1) is 0 Å². The lowest BCUT2D eigenvalue weighted by Gasteiger charge is -2.20. The molecule has 8 aromatic rings. The summed E-state index contributed by atoms with van der Waals surface area (Å²) in [5, 5.41) is 4.97. The Hall–Kier alpha value is -5.61. The lowest BCUT2D eigenvalue weighted by atomic mass is 9.85. The lowest BCUT2D eigenvalue weighted by molar-refractivity contribution is 0.103. The molecule has 0 saturated heterocycles. The topological polar surface area (TPSA) is 56.0 Å². The van der Waals surface area contributed by atoms with Gasteiger partial charge in [0, 0.05) is 38.9 Å². The second kappa shape index (κ2) is 8.20. The van der Waals surface area contributed by atoms with Gasteiger partial charge < -0.3 is 4.42 Å². The molecule has 0 spiro atoms. The number of carbonyl (C=O) groups is 1. The van der Waals surface area contributed by atoms with Crippen molar-refractivity contribution in [3.63, 3.8) is 0 Å². The zero-order valence-electron chi connectivity index (χ0n) is 21.8. The summed E-state index contributed by atoms with van der Waals surface area (Å²) in [6.45, 7) is 0. The number of hydrogen-bond donors (Lipinski definition) is 0. The molecule has 0 atom stereocenters. The molecule has 1 aliphatic rings. The minimum absolute atomic E-state index is 0.0641.